The van der Waals surface area contributed by atoms with Crippen molar-refractivity contribution in [2.45, 2.75) is 13.5 Å². The van der Waals surface area contributed by atoms with E-state index >= 15 is 0 Å². The first-order valence-electron chi connectivity index (χ1n) is 5.71. The molecule has 0 aliphatic carbocycles. The van der Waals surface area contributed by atoms with E-state index in [4.69, 9.17) is 16.3 Å². The normalized spacial score (nSPS) is 10.4. The van der Waals surface area contributed by atoms with Crippen LogP contribution in [-0.2, 0) is 6.54 Å². The number of pyridine rings is 1. The van der Waals surface area contributed by atoms with E-state index < -0.39 is 0 Å². The molecule has 1 aromatic carbocycles. The zero-order valence-corrected chi connectivity index (χ0v) is 11.2. The third-order valence-electron chi connectivity index (χ3n) is 2.52. The molecule has 0 aliphatic rings. The second-order valence-corrected chi connectivity index (χ2v) is 4.48. The Hall–Kier alpha value is -1.58. The molecule has 0 fully saturated rings. The minimum absolute atomic E-state index is 0.726. The van der Waals surface area contributed by atoms with Gasteiger partial charge in [-0.05, 0) is 49.4 Å². The van der Waals surface area contributed by atoms with Gasteiger partial charge in [0.15, 0.2) is 0 Å². The van der Waals surface area contributed by atoms with E-state index in [-0.39, 0.29) is 0 Å². The standard InChI is InChI=1S/C14H15ClN2O/c1-10-5-12(3-4-14(10)15)18-13-6-11(7-16-2)8-17-9-13/h3-6,8-9,16H,7H2,1-2H3. The Morgan fingerprint density at radius 3 is 2.78 bits per heavy atom. The lowest BCUT2D eigenvalue weighted by Gasteiger charge is -2.08. The highest BCUT2D eigenvalue weighted by Crippen LogP contribution is 2.25. The van der Waals surface area contributed by atoms with Crippen LogP contribution in [-0.4, -0.2) is 12.0 Å². The number of rotatable bonds is 4. The number of aryl methyl sites for hydroxylation is 1. The summed E-state index contributed by atoms with van der Waals surface area (Å²) in [6.07, 6.45) is 3.51. The average Bonchev–Trinajstić information content (AvgIpc) is 2.35. The summed E-state index contributed by atoms with van der Waals surface area (Å²) < 4.78 is 5.75. The fourth-order valence-corrected chi connectivity index (χ4v) is 1.75. The molecule has 18 heavy (non-hydrogen) atoms. The molecule has 0 bridgehead atoms. The number of hydrogen-bond donors (Lipinski definition) is 1. The van der Waals surface area contributed by atoms with Crippen LogP contribution in [0.2, 0.25) is 5.02 Å². The number of aromatic nitrogens is 1. The van der Waals surface area contributed by atoms with E-state index in [0.717, 1.165) is 34.2 Å². The molecule has 3 nitrogen and oxygen atoms in total. The van der Waals surface area contributed by atoms with E-state index in [0.29, 0.717) is 0 Å². The van der Waals surface area contributed by atoms with Gasteiger partial charge >= 0.3 is 0 Å². The minimum atomic E-state index is 0.726. The molecule has 0 saturated carbocycles. The van der Waals surface area contributed by atoms with Crippen molar-refractivity contribution in [3.05, 3.63) is 52.8 Å². The second kappa shape index (κ2) is 5.85. The maximum Gasteiger partial charge on any atom is 0.146 e. The maximum atomic E-state index is 5.97. The highest BCUT2D eigenvalue weighted by atomic mass is 35.5. The van der Waals surface area contributed by atoms with E-state index in [9.17, 15) is 0 Å². The van der Waals surface area contributed by atoms with Gasteiger partial charge < -0.3 is 10.1 Å². The van der Waals surface area contributed by atoms with Crippen LogP contribution >= 0.6 is 11.6 Å². The van der Waals surface area contributed by atoms with Crippen molar-refractivity contribution in [3.63, 3.8) is 0 Å². The van der Waals surface area contributed by atoms with Gasteiger partial charge in [-0.25, -0.2) is 0 Å². The van der Waals surface area contributed by atoms with Crippen molar-refractivity contribution in [1.29, 1.82) is 0 Å². The molecule has 0 aliphatic heterocycles. The summed E-state index contributed by atoms with van der Waals surface area (Å²) in [6.45, 7) is 2.72. The van der Waals surface area contributed by atoms with Crippen LogP contribution in [0.25, 0.3) is 0 Å². The van der Waals surface area contributed by atoms with Crippen LogP contribution in [0.5, 0.6) is 11.5 Å². The Labute approximate surface area is 112 Å². The fraction of sp³-hybridized carbons (Fsp3) is 0.214. The molecular weight excluding hydrogens is 248 g/mol. The summed E-state index contributed by atoms with van der Waals surface area (Å²) in [4.78, 5) is 4.15. The van der Waals surface area contributed by atoms with Crippen LogP contribution in [0.4, 0.5) is 0 Å². The van der Waals surface area contributed by atoms with Crippen LogP contribution in [0.3, 0.4) is 0 Å². The van der Waals surface area contributed by atoms with Crippen LogP contribution in [0, 0.1) is 6.92 Å². The van der Waals surface area contributed by atoms with Gasteiger partial charge in [0.2, 0.25) is 0 Å². The Kier molecular flexibility index (Phi) is 4.18. The number of nitrogens with one attached hydrogen (secondary N) is 1. The maximum absolute atomic E-state index is 5.97. The van der Waals surface area contributed by atoms with E-state index in [1.165, 1.54) is 0 Å². The molecule has 1 heterocycles. The quantitative estimate of drug-likeness (QED) is 0.915. The summed E-state index contributed by atoms with van der Waals surface area (Å²) in [5.41, 5.74) is 2.08. The minimum Gasteiger partial charge on any atom is -0.456 e. The monoisotopic (exact) mass is 262 g/mol. The molecular formula is C14H15ClN2O. The Morgan fingerprint density at radius 1 is 1.22 bits per heavy atom. The predicted molar refractivity (Wildman–Crippen MR) is 73.3 cm³/mol. The van der Waals surface area contributed by atoms with E-state index in [2.05, 4.69) is 10.3 Å². The highest BCUT2D eigenvalue weighted by Gasteiger charge is 2.02. The molecule has 4 heteroatoms. The zero-order valence-electron chi connectivity index (χ0n) is 10.4. The topological polar surface area (TPSA) is 34.2 Å². The van der Waals surface area contributed by atoms with Crippen molar-refractivity contribution in [2.75, 3.05) is 7.05 Å². The van der Waals surface area contributed by atoms with Crippen molar-refractivity contribution >= 4 is 11.6 Å². The summed E-state index contributed by atoms with van der Waals surface area (Å²) in [5.74, 6) is 1.49. The molecule has 0 amide bonds. The van der Waals surface area contributed by atoms with Crippen LogP contribution in [0.15, 0.2) is 36.7 Å². The first-order valence-corrected chi connectivity index (χ1v) is 6.09. The van der Waals surface area contributed by atoms with Gasteiger partial charge in [-0.2, -0.15) is 0 Å². The first-order chi connectivity index (χ1) is 8.69. The Balaban J connectivity index is 2.17. The van der Waals surface area contributed by atoms with Crippen LogP contribution < -0.4 is 10.1 Å². The summed E-state index contributed by atoms with van der Waals surface area (Å²) in [6, 6.07) is 7.55. The van der Waals surface area contributed by atoms with Gasteiger partial charge in [0, 0.05) is 17.8 Å². The van der Waals surface area contributed by atoms with Gasteiger partial charge in [-0.3, -0.25) is 4.98 Å². The lowest BCUT2D eigenvalue weighted by Crippen LogP contribution is -2.05. The first kappa shape index (κ1) is 12.9. The number of halogens is 1. The molecule has 0 unspecified atom stereocenters. The number of benzene rings is 1. The molecule has 0 saturated heterocycles. The van der Waals surface area contributed by atoms with Gasteiger partial charge in [0.25, 0.3) is 0 Å². The molecule has 94 valence electrons. The van der Waals surface area contributed by atoms with Crippen LogP contribution in [0.1, 0.15) is 11.1 Å². The van der Waals surface area contributed by atoms with Crippen molar-refractivity contribution in [2.24, 2.45) is 0 Å². The number of ether oxygens (including phenoxy) is 1. The summed E-state index contributed by atoms with van der Waals surface area (Å²) in [7, 11) is 1.90. The van der Waals surface area contributed by atoms with E-state index in [1.807, 2.05) is 44.4 Å². The van der Waals surface area contributed by atoms with Gasteiger partial charge in [0.05, 0.1) is 6.20 Å². The smallest absolute Gasteiger partial charge is 0.146 e. The summed E-state index contributed by atoms with van der Waals surface area (Å²) in [5, 5.41) is 3.82. The molecule has 0 radical (unpaired) electrons. The van der Waals surface area contributed by atoms with Crippen molar-refractivity contribution in [3.8, 4) is 11.5 Å². The molecule has 0 atom stereocenters. The largest absolute Gasteiger partial charge is 0.456 e. The lowest BCUT2D eigenvalue weighted by molar-refractivity contribution is 0.479. The summed E-state index contributed by atoms with van der Waals surface area (Å²) >= 11 is 5.97. The SMILES string of the molecule is CNCc1cncc(Oc2ccc(Cl)c(C)c2)c1. The van der Waals surface area contributed by atoms with Gasteiger partial charge in [-0.15, -0.1) is 0 Å². The average molecular weight is 263 g/mol. The molecule has 0 spiro atoms. The second-order valence-electron chi connectivity index (χ2n) is 4.07. The fourth-order valence-electron chi connectivity index (χ4n) is 1.64. The third-order valence-corrected chi connectivity index (χ3v) is 2.94. The van der Waals surface area contributed by atoms with E-state index in [1.54, 1.807) is 6.20 Å². The number of nitrogens with zero attached hydrogens (tertiary/aromatic N) is 1. The number of hydrogen-bond acceptors (Lipinski definition) is 3. The molecule has 2 aromatic rings. The third kappa shape index (κ3) is 3.22. The van der Waals surface area contributed by atoms with Gasteiger partial charge in [0.1, 0.15) is 11.5 Å². The molecule has 2 rings (SSSR count). The Morgan fingerprint density at radius 2 is 2.06 bits per heavy atom. The lowest BCUT2D eigenvalue weighted by atomic mass is 10.2. The van der Waals surface area contributed by atoms with Crippen molar-refractivity contribution < 1.29 is 4.74 Å². The molecule has 1 aromatic heterocycles. The highest BCUT2D eigenvalue weighted by molar-refractivity contribution is 6.31. The predicted octanol–water partition coefficient (Wildman–Crippen LogP) is 3.56. The Bertz CT molecular complexity index is 543. The molecule has 1 N–H and O–H groups in total. The van der Waals surface area contributed by atoms with Crippen molar-refractivity contribution in [1.82, 2.24) is 10.3 Å². The zero-order chi connectivity index (χ0) is 13.0. The van der Waals surface area contributed by atoms with Gasteiger partial charge in [-0.1, -0.05) is 11.6 Å².